The average Bonchev–Trinajstić information content (AvgIpc) is 2.93. The molecule has 2 rings (SSSR count). The number of hydrogen-bond donors (Lipinski definition) is 3. The van der Waals surface area contributed by atoms with E-state index in [0.717, 1.165) is 12.1 Å². The third-order valence-electron chi connectivity index (χ3n) is 2.64. The number of sulfonamides is 1. The van der Waals surface area contributed by atoms with Crippen molar-refractivity contribution in [2.45, 2.75) is 11.0 Å². The van der Waals surface area contributed by atoms with Crippen LogP contribution in [0.3, 0.4) is 0 Å². The monoisotopic (exact) mass is 316 g/mol. The summed E-state index contributed by atoms with van der Waals surface area (Å²) >= 11 is 1.39. The fourth-order valence-electron chi connectivity index (χ4n) is 1.57. The molecule has 2 aromatic rings. The Morgan fingerprint density at radius 2 is 2.15 bits per heavy atom. The van der Waals surface area contributed by atoms with Crippen LogP contribution in [-0.2, 0) is 10.0 Å². The SMILES string of the molecule is Nc1ccc(F)c(S(=O)(=O)NCC(O)c2ccsc2)c1. The quantitative estimate of drug-likeness (QED) is 0.729. The molecular formula is C12H13FN2O3S2. The molecular weight excluding hydrogens is 303 g/mol. The number of aliphatic hydroxyl groups excluding tert-OH is 1. The van der Waals surface area contributed by atoms with Gasteiger partial charge in [0.1, 0.15) is 10.7 Å². The minimum absolute atomic E-state index is 0.144. The third-order valence-corrected chi connectivity index (χ3v) is 4.78. The molecule has 0 spiro atoms. The van der Waals surface area contributed by atoms with Crippen molar-refractivity contribution in [2.75, 3.05) is 12.3 Å². The van der Waals surface area contributed by atoms with Crippen LogP contribution in [0.25, 0.3) is 0 Å². The third kappa shape index (κ3) is 3.34. The van der Waals surface area contributed by atoms with Crippen LogP contribution in [0.5, 0.6) is 0 Å². The number of nitrogens with two attached hydrogens (primary N) is 1. The van der Waals surface area contributed by atoms with E-state index in [1.165, 1.54) is 17.4 Å². The topological polar surface area (TPSA) is 92.4 Å². The second-order valence-corrected chi connectivity index (χ2v) is 6.63. The van der Waals surface area contributed by atoms with Crippen LogP contribution in [0.4, 0.5) is 10.1 Å². The van der Waals surface area contributed by atoms with Crippen LogP contribution in [0.15, 0.2) is 39.9 Å². The lowest BCUT2D eigenvalue weighted by atomic mass is 10.2. The van der Waals surface area contributed by atoms with Crippen LogP contribution in [0, 0.1) is 5.82 Å². The van der Waals surface area contributed by atoms with E-state index < -0.39 is 26.8 Å². The van der Waals surface area contributed by atoms with Crippen molar-refractivity contribution < 1.29 is 17.9 Å². The fourth-order valence-corrected chi connectivity index (χ4v) is 3.43. The molecule has 1 atom stereocenters. The first kappa shape index (κ1) is 14.9. The van der Waals surface area contributed by atoms with Crippen LogP contribution >= 0.6 is 11.3 Å². The van der Waals surface area contributed by atoms with Crippen molar-refractivity contribution in [3.05, 3.63) is 46.4 Å². The molecule has 0 bridgehead atoms. The number of nitrogen functional groups attached to an aromatic ring is 1. The van der Waals surface area contributed by atoms with Crippen molar-refractivity contribution in [1.82, 2.24) is 4.72 Å². The first-order valence-corrected chi connectivity index (χ1v) is 8.07. The van der Waals surface area contributed by atoms with Gasteiger partial charge < -0.3 is 10.8 Å². The molecule has 1 aromatic carbocycles. The van der Waals surface area contributed by atoms with Gasteiger partial charge in [-0.2, -0.15) is 11.3 Å². The van der Waals surface area contributed by atoms with Gasteiger partial charge >= 0.3 is 0 Å². The number of aliphatic hydroxyl groups is 1. The van der Waals surface area contributed by atoms with Gasteiger partial charge in [-0.3, -0.25) is 0 Å². The molecule has 1 aromatic heterocycles. The highest BCUT2D eigenvalue weighted by Gasteiger charge is 2.20. The van der Waals surface area contributed by atoms with Crippen molar-refractivity contribution in [2.24, 2.45) is 0 Å². The lowest BCUT2D eigenvalue weighted by molar-refractivity contribution is 0.182. The predicted octanol–water partition coefficient (Wildman–Crippen LogP) is 1.48. The van der Waals surface area contributed by atoms with Gasteiger partial charge in [0.15, 0.2) is 0 Å². The van der Waals surface area contributed by atoms with E-state index >= 15 is 0 Å². The Bertz CT molecular complexity index is 687. The number of rotatable bonds is 5. The minimum atomic E-state index is -4.06. The molecule has 0 aliphatic carbocycles. The molecule has 20 heavy (non-hydrogen) atoms. The molecule has 5 nitrogen and oxygen atoms in total. The van der Waals surface area contributed by atoms with E-state index in [1.54, 1.807) is 16.8 Å². The molecule has 1 unspecified atom stereocenters. The molecule has 108 valence electrons. The fraction of sp³-hybridized carbons (Fsp3) is 0.167. The van der Waals surface area contributed by atoms with Gasteiger partial charge in [-0.05, 0) is 40.6 Å². The maximum absolute atomic E-state index is 13.5. The van der Waals surface area contributed by atoms with Gasteiger partial charge in [-0.25, -0.2) is 17.5 Å². The van der Waals surface area contributed by atoms with Crippen molar-refractivity contribution >= 4 is 27.0 Å². The highest BCUT2D eigenvalue weighted by atomic mass is 32.2. The van der Waals surface area contributed by atoms with E-state index in [0.29, 0.717) is 5.56 Å². The number of benzene rings is 1. The number of hydrogen-bond acceptors (Lipinski definition) is 5. The molecule has 0 fully saturated rings. The van der Waals surface area contributed by atoms with Crippen LogP contribution in [0.1, 0.15) is 11.7 Å². The Hall–Kier alpha value is -1.48. The van der Waals surface area contributed by atoms with Crippen molar-refractivity contribution in [1.29, 1.82) is 0 Å². The molecule has 0 saturated carbocycles. The maximum Gasteiger partial charge on any atom is 0.243 e. The Morgan fingerprint density at radius 3 is 2.80 bits per heavy atom. The number of halogens is 1. The van der Waals surface area contributed by atoms with E-state index in [9.17, 15) is 17.9 Å². The summed E-state index contributed by atoms with van der Waals surface area (Å²) in [5.74, 6) is -0.892. The van der Waals surface area contributed by atoms with Gasteiger partial charge in [0, 0.05) is 12.2 Å². The van der Waals surface area contributed by atoms with E-state index in [-0.39, 0.29) is 12.2 Å². The van der Waals surface area contributed by atoms with Crippen molar-refractivity contribution in [3.8, 4) is 0 Å². The van der Waals surface area contributed by atoms with Crippen LogP contribution in [0.2, 0.25) is 0 Å². The molecule has 0 radical (unpaired) electrons. The summed E-state index contributed by atoms with van der Waals surface area (Å²) in [6.45, 7) is -0.243. The van der Waals surface area contributed by atoms with Gasteiger partial charge in [0.05, 0.1) is 6.10 Å². The second kappa shape index (κ2) is 5.88. The molecule has 4 N–H and O–H groups in total. The molecule has 0 aliphatic heterocycles. The number of nitrogens with one attached hydrogen (secondary N) is 1. The smallest absolute Gasteiger partial charge is 0.243 e. The summed E-state index contributed by atoms with van der Waals surface area (Å²) in [5, 5.41) is 13.3. The molecule has 0 aliphatic rings. The normalized spacial score (nSPS) is 13.3. The van der Waals surface area contributed by atoms with Gasteiger partial charge in [0.25, 0.3) is 0 Å². The summed E-state index contributed by atoms with van der Waals surface area (Å²) in [5.41, 5.74) is 6.20. The largest absolute Gasteiger partial charge is 0.399 e. The highest BCUT2D eigenvalue weighted by Crippen LogP contribution is 2.19. The summed E-state index contributed by atoms with van der Waals surface area (Å²) in [6.07, 6.45) is -0.986. The lowest BCUT2D eigenvalue weighted by Crippen LogP contribution is -2.29. The zero-order valence-corrected chi connectivity index (χ0v) is 11.9. The van der Waals surface area contributed by atoms with Gasteiger partial charge in [-0.15, -0.1) is 0 Å². The Kier molecular flexibility index (Phi) is 4.39. The van der Waals surface area contributed by atoms with Gasteiger partial charge in [0.2, 0.25) is 10.0 Å². The lowest BCUT2D eigenvalue weighted by Gasteiger charge is -2.12. The number of anilines is 1. The Morgan fingerprint density at radius 1 is 1.40 bits per heavy atom. The standard InChI is InChI=1S/C12H13FN2O3S2/c13-10-2-1-9(14)5-12(10)20(17,18)15-6-11(16)8-3-4-19-7-8/h1-5,7,11,15-16H,6,14H2. The first-order valence-electron chi connectivity index (χ1n) is 5.65. The predicted molar refractivity (Wildman–Crippen MR) is 75.3 cm³/mol. The molecule has 8 heteroatoms. The van der Waals surface area contributed by atoms with Crippen LogP contribution in [-0.4, -0.2) is 20.1 Å². The molecule has 0 amide bonds. The maximum atomic E-state index is 13.5. The first-order chi connectivity index (χ1) is 9.40. The van der Waals surface area contributed by atoms with Gasteiger partial charge in [-0.1, -0.05) is 0 Å². The minimum Gasteiger partial charge on any atom is -0.399 e. The van der Waals surface area contributed by atoms with E-state index in [4.69, 9.17) is 5.73 Å². The summed E-state index contributed by atoms with van der Waals surface area (Å²) < 4.78 is 39.6. The molecule has 1 heterocycles. The van der Waals surface area contributed by atoms with E-state index in [1.807, 2.05) is 0 Å². The summed E-state index contributed by atoms with van der Waals surface area (Å²) in [7, 11) is -4.06. The number of thiophene rings is 1. The van der Waals surface area contributed by atoms with Crippen molar-refractivity contribution in [3.63, 3.8) is 0 Å². The second-order valence-electron chi connectivity index (χ2n) is 4.11. The average molecular weight is 316 g/mol. The zero-order chi connectivity index (χ0) is 14.8. The Balaban J connectivity index is 2.13. The molecule has 0 saturated heterocycles. The van der Waals surface area contributed by atoms with Crippen LogP contribution < -0.4 is 10.5 Å². The summed E-state index contributed by atoms with van der Waals surface area (Å²) in [4.78, 5) is -0.532. The zero-order valence-electron chi connectivity index (χ0n) is 10.3. The Labute approximate surface area is 119 Å². The summed E-state index contributed by atoms with van der Waals surface area (Å²) in [6, 6.07) is 4.98. The van der Waals surface area contributed by atoms with E-state index in [2.05, 4.69) is 4.72 Å². The highest BCUT2D eigenvalue weighted by molar-refractivity contribution is 7.89.